The molecular formula is C14H19NO3. The van der Waals surface area contributed by atoms with E-state index in [1.165, 1.54) is 0 Å². The van der Waals surface area contributed by atoms with Gasteiger partial charge >= 0.3 is 5.97 Å². The SMILES string of the molecule is Cc1ccccc1NC(=O)C(C(=O)O)C(C)(C)C. The number of carbonyl (C=O) groups is 2. The number of amides is 1. The molecule has 1 rings (SSSR count). The second-order valence-corrected chi connectivity index (χ2v) is 5.44. The molecule has 0 spiro atoms. The van der Waals surface area contributed by atoms with Crippen LogP contribution in [0.3, 0.4) is 0 Å². The summed E-state index contributed by atoms with van der Waals surface area (Å²) in [5, 5.41) is 11.8. The Bertz CT molecular complexity index is 460. The number of carboxylic acids is 1. The molecule has 0 aromatic heterocycles. The molecule has 1 amide bonds. The first-order valence-electron chi connectivity index (χ1n) is 5.83. The van der Waals surface area contributed by atoms with E-state index in [4.69, 9.17) is 5.11 Å². The van der Waals surface area contributed by atoms with Gasteiger partial charge in [-0.3, -0.25) is 9.59 Å². The van der Waals surface area contributed by atoms with E-state index in [0.717, 1.165) is 5.56 Å². The quantitative estimate of drug-likeness (QED) is 0.809. The summed E-state index contributed by atoms with van der Waals surface area (Å²) in [7, 11) is 0. The Balaban J connectivity index is 2.94. The van der Waals surface area contributed by atoms with Crippen LogP contribution in [0.5, 0.6) is 0 Å². The maximum Gasteiger partial charge on any atom is 0.316 e. The maximum absolute atomic E-state index is 12.1. The summed E-state index contributed by atoms with van der Waals surface area (Å²) in [5.41, 5.74) is 0.931. The van der Waals surface area contributed by atoms with Gasteiger partial charge in [0.25, 0.3) is 0 Å². The topological polar surface area (TPSA) is 66.4 Å². The van der Waals surface area contributed by atoms with Crippen molar-refractivity contribution in [2.24, 2.45) is 11.3 Å². The number of benzene rings is 1. The normalized spacial score (nSPS) is 12.9. The Morgan fingerprint density at radius 1 is 1.22 bits per heavy atom. The number of aliphatic carboxylic acids is 1. The second kappa shape index (κ2) is 5.21. The first-order valence-corrected chi connectivity index (χ1v) is 5.83. The first kappa shape index (κ1) is 14.2. The van der Waals surface area contributed by atoms with Gasteiger partial charge in [0.15, 0.2) is 0 Å². The molecule has 1 atom stereocenters. The highest BCUT2D eigenvalue weighted by atomic mass is 16.4. The molecule has 0 saturated heterocycles. The molecule has 0 aliphatic carbocycles. The zero-order chi connectivity index (χ0) is 13.9. The molecule has 0 saturated carbocycles. The minimum atomic E-state index is -1.10. The van der Waals surface area contributed by atoms with E-state index in [-0.39, 0.29) is 0 Å². The number of carbonyl (C=O) groups excluding carboxylic acids is 1. The van der Waals surface area contributed by atoms with E-state index in [9.17, 15) is 9.59 Å². The van der Waals surface area contributed by atoms with Gasteiger partial charge in [0, 0.05) is 5.69 Å². The number of aryl methyl sites for hydroxylation is 1. The first-order chi connectivity index (χ1) is 8.23. The van der Waals surface area contributed by atoms with Crippen molar-refractivity contribution in [2.45, 2.75) is 27.7 Å². The number of carboxylic acid groups (broad SMARTS) is 1. The van der Waals surface area contributed by atoms with Crippen LogP contribution in [-0.4, -0.2) is 17.0 Å². The van der Waals surface area contributed by atoms with Crippen LogP contribution in [-0.2, 0) is 9.59 Å². The van der Waals surface area contributed by atoms with Crippen molar-refractivity contribution >= 4 is 17.6 Å². The molecule has 1 aromatic rings. The van der Waals surface area contributed by atoms with Crippen molar-refractivity contribution in [2.75, 3.05) is 5.32 Å². The third kappa shape index (κ3) is 3.32. The van der Waals surface area contributed by atoms with Crippen molar-refractivity contribution < 1.29 is 14.7 Å². The lowest BCUT2D eigenvalue weighted by molar-refractivity contribution is -0.149. The fourth-order valence-electron chi connectivity index (χ4n) is 1.79. The average Bonchev–Trinajstić information content (AvgIpc) is 2.18. The van der Waals surface area contributed by atoms with Crippen LogP contribution in [0.1, 0.15) is 26.3 Å². The van der Waals surface area contributed by atoms with Gasteiger partial charge in [-0.2, -0.15) is 0 Å². The third-order valence-electron chi connectivity index (χ3n) is 2.78. The van der Waals surface area contributed by atoms with Crippen LogP contribution in [0.15, 0.2) is 24.3 Å². The Morgan fingerprint density at radius 3 is 2.22 bits per heavy atom. The number of hydrogen-bond acceptors (Lipinski definition) is 2. The van der Waals surface area contributed by atoms with Crippen LogP contribution in [0.2, 0.25) is 0 Å². The molecule has 98 valence electrons. The zero-order valence-electron chi connectivity index (χ0n) is 11.2. The standard InChI is InChI=1S/C14H19NO3/c1-9-7-5-6-8-10(9)15-12(16)11(13(17)18)14(2,3)4/h5-8,11H,1-4H3,(H,15,16)(H,17,18). The van der Waals surface area contributed by atoms with Crippen LogP contribution in [0.25, 0.3) is 0 Å². The van der Waals surface area contributed by atoms with Crippen LogP contribution in [0.4, 0.5) is 5.69 Å². The molecule has 1 aromatic carbocycles. The Labute approximate surface area is 107 Å². The number of para-hydroxylation sites is 1. The van der Waals surface area contributed by atoms with Crippen molar-refractivity contribution in [3.8, 4) is 0 Å². The fourth-order valence-corrected chi connectivity index (χ4v) is 1.79. The van der Waals surface area contributed by atoms with E-state index < -0.39 is 23.2 Å². The van der Waals surface area contributed by atoms with Crippen LogP contribution >= 0.6 is 0 Å². The molecule has 0 aliphatic rings. The predicted molar refractivity (Wildman–Crippen MR) is 70.4 cm³/mol. The van der Waals surface area contributed by atoms with Gasteiger partial charge in [-0.25, -0.2) is 0 Å². The molecule has 0 fully saturated rings. The predicted octanol–water partition coefficient (Wildman–Crippen LogP) is 2.68. The van der Waals surface area contributed by atoms with Crippen molar-refractivity contribution in [3.63, 3.8) is 0 Å². The summed E-state index contributed by atoms with van der Waals surface area (Å²) >= 11 is 0. The van der Waals surface area contributed by atoms with E-state index in [1.54, 1.807) is 32.9 Å². The molecule has 18 heavy (non-hydrogen) atoms. The zero-order valence-corrected chi connectivity index (χ0v) is 11.2. The van der Waals surface area contributed by atoms with Crippen molar-refractivity contribution in [1.82, 2.24) is 0 Å². The van der Waals surface area contributed by atoms with Gasteiger partial charge in [0.2, 0.25) is 5.91 Å². The Hall–Kier alpha value is -1.84. The summed E-state index contributed by atoms with van der Waals surface area (Å²) in [6, 6.07) is 7.29. The molecule has 0 bridgehead atoms. The number of anilines is 1. The van der Waals surface area contributed by atoms with E-state index in [0.29, 0.717) is 5.69 Å². The summed E-state index contributed by atoms with van der Waals surface area (Å²) in [4.78, 5) is 23.3. The lowest BCUT2D eigenvalue weighted by atomic mass is 9.80. The molecule has 0 heterocycles. The molecular weight excluding hydrogens is 230 g/mol. The van der Waals surface area contributed by atoms with Gasteiger partial charge in [0.1, 0.15) is 5.92 Å². The van der Waals surface area contributed by atoms with Gasteiger partial charge < -0.3 is 10.4 Å². The smallest absolute Gasteiger partial charge is 0.316 e. The minimum Gasteiger partial charge on any atom is -0.481 e. The average molecular weight is 249 g/mol. The molecule has 4 nitrogen and oxygen atoms in total. The maximum atomic E-state index is 12.1. The van der Waals surface area contributed by atoms with Gasteiger partial charge in [-0.1, -0.05) is 39.0 Å². The van der Waals surface area contributed by atoms with Crippen LogP contribution < -0.4 is 5.32 Å². The van der Waals surface area contributed by atoms with Gasteiger partial charge in [-0.15, -0.1) is 0 Å². The minimum absolute atomic E-state index is 0.482. The monoisotopic (exact) mass is 249 g/mol. The van der Waals surface area contributed by atoms with Gasteiger partial charge in [0.05, 0.1) is 0 Å². The van der Waals surface area contributed by atoms with E-state index in [1.807, 2.05) is 19.1 Å². The lowest BCUT2D eigenvalue weighted by Crippen LogP contribution is -2.39. The van der Waals surface area contributed by atoms with Crippen LogP contribution in [0, 0.1) is 18.3 Å². The number of rotatable bonds is 3. The summed E-state index contributed by atoms with van der Waals surface area (Å²) in [6.45, 7) is 7.08. The molecule has 0 radical (unpaired) electrons. The van der Waals surface area contributed by atoms with E-state index in [2.05, 4.69) is 5.32 Å². The summed E-state index contributed by atoms with van der Waals surface area (Å²) in [5.74, 6) is -2.66. The molecule has 0 aliphatic heterocycles. The van der Waals surface area contributed by atoms with Crippen molar-refractivity contribution in [1.29, 1.82) is 0 Å². The third-order valence-corrected chi connectivity index (χ3v) is 2.78. The largest absolute Gasteiger partial charge is 0.481 e. The number of hydrogen-bond donors (Lipinski definition) is 2. The fraction of sp³-hybridized carbons (Fsp3) is 0.429. The second-order valence-electron chi connectivity index (χ2n) is 5.44. The van der Waals surface area contributed by atoms with Crippen molar-refractivity contribution in [3.05, 3.63) is 29.8 Å². The highest BCUT2D eigenvalue weighted by Crippen LogP contribution is 2.28. The summed E-state index contributed by atoms with van der Waals surface area (Å²) < 4.78 is 0. The molecule has 2 N–H and O–H groups in total. The van der Waals surface area contributed by atoms with Gasteiger partial charge in [-0.05, 0) is 24.0 Å². The lowest BCUT2D eigenvalue weighted by Gasteiger charge is -2.26. The van der Waals surface area contributed by atoms with E-state index >= 15 is 0 Å². The summed E-state index contributed by atoms with van der Waals surface area (Å²) in [6.07, 6.45) is 0. The molecule has 1 unspecified atom stereocenters. The highest BCUT2D eigenvalue weighted by molar-refractivity contribution is 6.05. The molecule has 4 heteroatoms. The number of nitrogens with one attached hydrogen (secondary N) is 1. The Kier molecular flexibility index (Phi) is 4.11. The highest BCUT2D eigenvalue weighted by Gasteiger charge is 2.37. The Morgan fingerprint density at radius 2 is 1.78 bits per heavy atom.